The van der Waals surface area contributed by atoms with E-state index in [0.29, 0.717) is 5.82 Å². The van der Waals surface area contributed by atoms with Gasteiger partial charge in [-0.1, -0.05) is 0 Å². The SMILES string of the molecule is COC(=O)C(C#N)=C1Nc2cc(C)c(C)cc2N1. The minimum absolute atomic E-state index is 0.0657. The van der Waals surface area contributed by atoms with Crippen LogP contribution in [0, 0.1) is 25.2 Å². The van der Waals surface area contributed by atoms with Crippen molar-refractivity contribution in [3.8, 4) is 6.07 Å². The zero-order valence-corrected chi connectivity index (χ0v) is 10.4. The van der Waals surface area contributed by atoms with Crippen molar-refractivity contribution in [2.45, 2.75) is 13.8 Å². The molecular formula is C13H13N3O2. The first kappa shape index (κ1) is 12.0. The van der Waals surface area contributed by atoms with Crippen LogP contribution in [-0.2, 0) is 9.53 Å². The van der Waals surface area contributed by atoms with E-state index in [1.54, 1.807) is 0 Å². The van der Waals surface area contributed by atoms with Crippen LogP contribution >= 0.6 is 0 Å². The van der Waals surface area contributed by atoms with E-state index in [-0.39, 0.29) is 5.57 Å². The quantitative estimate of drug-likeness (QED) is 0.448. The fourth-order valence-corrected chi connectivity index (χ4v) is 1.75. The first-order valence-electron chi connectivity index (χ1n) is 5.44. The van der Waals surface area contributed by atoms with Gasteiger partial charge in [0.15, 0.2) is 5.57 Å². The van der Waals surface area contributed by atoms with E-state index in [1.165, 1.54) is 7.11 Å². The highest BCUT2D eigenvalue weighted by molar-refractivity contribution is 5.97. The molecular weight excluding hydrogens is 230 g/mol. The van der Waals surface area contributed by atoms with Gasteiger partial charge in [-0.05, 0) is 37.1 Å². The molecule has 0 radical (unpaired) electrons. The Labute approximate surface area is 105 Å². The second kappa shape index (κ2) is 4.41. The van der Waals surface area contributed by atoms with Crippen molar-refractivity contribution in [1.82, 2.24) is 0 Å². The molecule has 0 bridgehead atoms. The summed E-state index contributed by atoms with van der Waals surface area (Å²) in [5.74, 6) is -0.293. The number of rotatable bonds is 1. The molecule has 1 aliphatic heterocycles. The lowest BCUT2D eigenvalue weighted by molar-refractivity contribution is -0.135. The van der Waals surface area contributed by atoms with Gasteiger partial charge in [-0.25, -0.2) is 4.79 Å². The van der Waals surface area contributed by atoms with Gasteiger partial charge in [0.2, 0.25) is 0 Å². The van der Waals surface area contributed by atoms with Crippen LogP contribution in [0.15, 0.2) is 23.5 Å². The number of ether oxygens (including phenoxy) is 1. The number of hydrogen-bond donors (Lipinski definition) is 2. The molecule has 1 aliphatic rings. The Morgan fingerprint density at radius 3 is 2.11 bits per heavy atom. The molecule has 0 amide bonds. The molecule has 5 nitrogen and oxygen atoms in total. The van der Waals surface area contributed by atoms with Crippen LogP contribution < -0.4 is 10.6 Å². The monoisotopic (exact) mass is 243 g/mol. The number of methoxy groups -OCH3 is 1. The van der Waals surface area contributed by atoms with E-state index in [4.69, 9.17) is 5.26 Å². The van der Waals surface area contributed by atoms with E-state index in [0.717, 1.165) is 22.5 Å². The Kier molecular flexibility index (Phi) is 2.94. The molecule has 1 aromatic rings. The van der Waals surface area contributed by atoms with Crippen molar-refractivity contribution in [2.24, 2.45) is 0 Å². The van der Waals surface area contributed by atoms with Crippen molar-refractivity contribution in [3.05, 3.63) is 34.7 Å². The lowest BCUT2D eigenvalue weighted by atomic mass is 10.1. The highest BCUT2D eigenvalue weighted by atomic mass is 16.5. The third-order valence-electron chi connectivity index (χ3n) is 2.90. The molecule has 92 valence electrons. The van der Waals surface area contributed by atoms with Crippen LogP contribution in [0.5, 0.6) is 0 Å². The van der Waals surface area contributed by atoms with Crippen LogP contribution in [0.3, 0.4) is 0 Å². The molecule has 0 unspecified atom stereocenters. The molecule has 2 N–H and O–H groups in total. The van der Waals surface area contributed by atoms with Gasteiger partial charge in [-0.2, -0.15) is 5.26 Å². The Morgan fingerprint density at radius 2 is 1.72 bits per heavy atom. The van der Waals surface area contributed by atoms with Crippen molar-refractivity contribution in [2.75, 3.05) is 17.7 Å². The summed E-state index contributed by atoms with van der Waals surface area (Å²) < 4.78 is 4.56. The van der Waals surface area contributed by atoms with Gasteiger partial charge in [0.1, 0.15) is 11.9 Å². The number of esters is 1. The third kappa shape index (κ3) is 1.89. The first-order valence-corrected chi connectivity index (χ1v) is 5.44. The Bertz CT molecular complexity index is 564. The van der Waals surface area contributed by atoms with Crippen LogP contribution in [0.25, 0.3) is 0 Å². The molecule has 0 saturated carbocycles. The number of nitrogens with zero attached hydrogens (tertiary/aromatic N) is 1. The molecule has 0 saturated heterocycles. The number of aryl methyl sites for hydroxylation is 2. The largest absolute Gasteiger partial charge is 0.465 e. The summed E-state index contributed by atoms with van der Waals surface area (Å²) in [6.07, 6.45) is 0. The number of fused-ring (bicyclic) bond motifs is 1. The van der Waals surface area contributed by atoms with E-state index >= 15 is 0 Å². The normalized spacial score (nSPS) is 12.0. The minimum atomic E-state index is -0.659. The maximum Gasteiger partial charge on any atom is 0.352 e. The smallest absolute Gasteiger partial charge is 0.352 e. The molecule has 5 heteroatoms. The molecule has 0 spiro atoms. The molecule has 0 aromatic heterocycles. The van der Waals surface area contributed by atoms with Gasteiger partial charge in [-0.3, -0.25) is 0 Å². The highest BCUT2D eigenvalue weighted by Crippen LogP contribution is 2.33. The number of nitrogens with one attached hydrogen (secondary N) is 2. The standard InChI is InChI=1S/C13H13N3O2/c1-7-4-10-11(5-8(7)2)16-12(15-10)9(6-14)13(17)18-3/h4-5,15-16H,1-3H3. The molecule has 1 heterocycles. The van der Waals surface area contributed by atoms with E-state index in [2.05, 4.69) is 15.4 Å². The van der Waals surface area contributed by atoms with E-state index in [1.807, 2.05) is 32.0 Å². The van der Waals surface area contributed by atoms with E-state index in [9.17, 15) is 4.79 Å². The van der Waals surface area contributed by atoms with E-state index < -0.39 is 5.97 Å². The van der Waals surface area contributed by atoms with Crippen molar-refractivity contribution in [3.63, 3.8) is 0 Å². The van der Waals surface area contributed by atoms with Gasteiger partial charge in [0.05, 0.1) is 18.5 Å². The second-order valence-electron chi connectivity index (χ2n) is 4.09. The van der Waals surface area contributed by atoms with Crippen LogP contribution in [0.4, 0.5) is 11.4 Å². The van der Waals surface area contributed by atoms with Gasteiger partial charge < -0.3 is 15.4 Å². The van der Waals surface area contributed by atoms with Crippen molar-refractivity contribution >= 4 is 17.3 Å². The average Bonchev–Trinajstić information content (AvgIpc) is 2.73. The zero-order valence-electron chi connectivity index (χ0n) is 10.4. The van der Waals surface area contributed by atoms with Gasteiger partial charge in [-0.15, -0.1) is 0 Å². The Balaban J connectivity index is 2.43. The number of carbonyl (C=O) groups excluding carboxylic acids is 1. The summed E-state index contributed by atoms with van der Waals surface area (Å²) in [6.45, 7) is 4.01. The summed E-state index contributed by atoms with van der Waals surface area (Å²) in [4.78, 5) is 11.4. The summed E-state index contributed by atoms with van der Waals surface area (Å²) in [6, 6.07) is 5.78. The first-order chi connectivity index (χ1) is 8.56. The number of hydrogen-bond acceptors (Lipinski definition) is 5. The fourth-order valence-electron chi connectivity index (χ4n) is 1.75. The third-order valence-corrected chi connectivity index (χ3v) is 2.90. The van der Waals surface area contributed by atoms with Crippen molar-refractivity contribution < 1.29 is 9.53 Å². The second-order valence-corrected chi connectivity index (χ2v) is 4.09. The number of benzene rings is 1. The molecule has 0 fully saturated rings. The van der Waals surface area contributed by atoms with Crippen LogP contribution in [0.1, 0.15) is 11.1 Å². The predicted molar refractivity (Wildman–Crippen MR) is 67.8 cm³/mol. The number of carbonyl (C=O) groups is 1. The predicted octanol–water partition coefficient (Wildman–Crippen LogP) is 2.05. The van der Waals surface area contributed by atoms with Gasteiger partial charge >= 0.3 is 5.97 Å². The highest BCUT2D eigenvalue weighted by Gasteiger charge is 2.23. The minimum Gasteiger partial charge on any atom is -0.465 e. The number of anilines is 2. The van der Waals surface area contributed by atoms with Gasteiger partial charge in [0.25, 0.3) is 0 Å². The average molecular weight is 243 g/mol. The molecule has 18 heavy (non-hydrogen) atoms. The summed E-state index contributed by atoms with van der Waals surface area (Å²) in [7, 11) is 1.25. The molecule has 0 atom stereocenters. The number of nitriles is 1. The summed E-state index contributed by atoms with van der Waals surface area (Å²) >= 11 is 0. The maximum atomic E-state index is 11.4. The zero-order chi connectivity index (χ0) is 13.3. The fraction of sp³-hybridized carbons (Fsp3) is 0.231. The topological polar surface area (TPSA) is 74.2 Å². The summed E-state index contributed by atoms with van der Waals surface area (Å²) in [5.41, 5.74) is 3.92. The Hall–Kier alpha value is -2.48. The maximum absolute atomic E-state index is 11.4. The Morgan fingerprint density at radius 1 is 1.22 bits per heavy atom. The van der Waals surface area contributed by atoms with Crippen LogP contribution in [0.2, 0.25) is 0 Å². The lowest BCUT2D eigenvalue weighted by Gasteiger charge is -2.02. The lowest BCUT2D eigenvalue weighted by Crippen LogP contribution is -2.12. The molecule has 0 aliphatic carbocycles. The molecule has 2 rings (SSSR count). The van der Waals surface area contributed by atoms with Crippen molar-refractivity contribution in [1.29, 1.82) is 5.26 Å². The van der Waals surface area contributed by atoms with Gasteiger partial charge in [0, 0.05) is 0 Å². The summed E-state index contributed by atoms with van der Waals surface area (Å²) in [5, 5.41) is 15.0. The molecule has 1 aromatic carbocycles. The van der Waals surface area contributed by atoms with Crippen LogP contribution in [-0.4, -0.2) is 13.1 Å².